The van der Waals surface area contributed by atoms with Crippen LogP contribution in [0.15, 0.2) is 18.2 Å². The molecule has 0 radical (unpaired) electrons. The predicted octanol–water partition coefficient (Wildman–Crippen LogP) is 2.75. The average Bonchev–Trinajstić information content (AvgIpc) is 2.57. The van der Waals surface area contributed by atoms with Gasteiger partial charge in [0.25, 0.3) is 0 Å². The van der Waals surface area contributed by atoms with E-state index >= 15 is 0 Å². The zero-order chi connectivity index (χ0) is 10.1. The summed E-state index contributed by atoms with van der Waals surface area (Å²) in [5.41, 5.74) is 7.44. The van der Waals surface area contributed by atoms with Gasteiger partial charge >= 0.3 is 0 Å². The Kier molecular flexibility index (Phi) is 2.39. The molecule has 14 heavy (non-hydrogen) atoms. The van der Waals surface area contributed by atoms with E-state index in [2.05, 4.69) is 9.36 Å². The molecule has 0 saturated heterocycles. The Bertz CT molecular complexity index is 467. The lowest BCUT2D eigenvalue weighted by atomic mass is 10.1. The fourth-order valence-electron chi connectivity index (χ4n) is 1.08. The average molecular weight is 226 g/mol. The van der Waals surface area contributed by atoms with E-state index in [1.165, 1.54) is 11.5 Å². The molecule has 1 aromatic carbocycles. The van der Waals surface area contributed by atoms with Crippen LogP contribution in [-0.2, 0) is 0 Å². The predicted molar refractivity (Wildman–Crippen MR) is 59.5 cm³/mol. The van der Waals surface area contributed by atoms with Crippen molar-refractivity contribution in [3.63, 3.8) is 0 Å². The summed E-state index contributed by atoms with van der Waals surface area (Å²) in [5.74, 6) is 0.307. The maximum atomic E-state index is 6.00. The maximum Gasteiger partial charge on any atom is 0.232 e. The van der Waals surface area contributed by atoms with Crippen LogP contribution in [0, 0.1) is 6.92 Å². The molecule has 0 spiro atoms. The Morgan fingerprint density at radius 3 is 2.79 bits per heavy atom. The Morgan fingerprint density at radius 2 is 2.21 bits per heavy atom. The van der Waals surface area contributed by atoms with E-state index in [0.717, 1.165) is 21.2 Å². The summed E-state index contributed by atoms with van der Waals surface area (Å²) in [6.07, 6.45) is 0. The lowest BCUT2D eigenvalue weighted by Gasteiger charge is -1.99. The molecule has 0 fully saturated rings. The van der Waals surface area contributed by atoms with Crippen LogP contribution in [0.4, 0.5) is 5.95 Å². The molecule has 0 amide bonds. The molecule has 5 heteroatoms. The standard InChI is InChI=1S/C9H8ClN3S/c1-5-2-3-6(4-7(5)10)8-12-9(11)13-14-8/h2-4H,1H3,(H2,11,13). The van der Waals surface area contributed by atoms with Crippen molar-refractivity contribution in [3.8, 4) is 10.6 Å². The smallest absolute Gasteiger partial charge is 0.232 e. The highest BCUT2D eigenvalue weighted by atomic mass is 35.5. The minimum Gasteiger partial charge on any atom is -0.367 e. The fraction of sp³-hybridized carbons (Fsp3) is 0.111. The van der Waals surface area contributed by atoms with E-state index in [0.29, 0.717) is 5.95 Å². The molecule has 0 unspecified atom stereocenters. The Hall–Kier alpha value is -1.13. The van der Waals surface area contributed by atoms with Crippen molar-refractivity contribution in [1.82, 2.24) is 9.36 Å². The molecular weight excluding hydrogens is 218 g/mol. The fourth-order valence-corrected chi connectivity index (χ4v) is 1.85. The topological polar surface area (TPSA) is 51.8 Å². The van der Waals surface area contributed by atoms with Gasteiger partial charge in [0.05, 0.1) is 0 Å². The minimum absolute atomic E-state index is 0.307. The van der Waals surface area contributed by atoms with Gasteiger partial charge in [0.2, 0.25) is 5.95 Å². The molecule has 1 aromatic heterocycles. The van der Waals surface area contributed by atoms with E-state index in [9.17, 15) is 0 Å². The number of nitrogens with two attached hydrogens (primary N) is 1. The van der Waals surface area contributed by atoms with Crippen LogP contribution in [0.1, 0.15) is 5.56 Å². The summed E-state index contributed by atoms with van der Waals surface area (Å²) in [6.45, 7) is 1.96. The first-order valence-electron chi connectivity index (χ1n) is 4.02. The SMILES string of the molecule is Cc1ccc(-c2nc(N)ns2)cc1Cl. The first kappa shape index (κ1) is 9.43. The number of aryl methyl sites for hydroxylation is 1. The summed E-state index contributed by atoms with van der Waals surface area (Å²) in [4.78, 5) is 4.08. The number of rotatable bonds is 1. The second kappa shape index (κ2) is 3.55. The first-order chi connectivity index (χ1) is 6.66. The Morgan fingerprint density at radius 1 is 1.43 bits per heavy atom. The lowest BCUT2D eigenvalue weighted by Crippen LogP contribution is -1.85. The third kappa shape index (κ3) is 1.71. The molecule has 2 rings (SSSR count). The summed E-state index contributed by atoms with van der Waals surface area (Å²) in [6, 6.07) is 5.78. The first-order valence-corrected chi connectivity index (χ1v) is 5.17. The van der Waals surface area contributed by atoms with Crippen LogP contribution in [0.2, 0.25) is 5.02 Å². The highest BCUT2D eigenvalue weighted by molar-refractivity contribution is 7.09. The van der Waals surface area contributed by atoms with Gasteiger partial charge in [-0.2, -0.15) is 9.36 Å². The quantitative estimate of drug-likeness (QED) is 0.812. The van der Waals surface area contributed by atoms with Gasteiger partial charge in [-0.15, -0.1) is 0 Å². The van der Waals surface area contributed by atoms with Crippen LogP contribution in [0.3, 0.4) is 0 Å². The zero-order valence-corrected chi connectivity index (χ0v) is 9.06. The summed E-state index contributed by atoms with van der Waals surface area (Å²) in [5, 5.41) is 1.53. The molecule has 2 aromatic rings. The molecule has 1 heterocycles. The second-order valence-corrected chi connectivity index (χ2v) is 4.08. The van der Waals surface area contributed by atoms with Crippen molar-refractivity contribution >= 4 is 29.1 Å². The molecule has 72 valence electrons. The molecule has 0 bridgehead atoms. The lowest BCUT2D eigenvalue weighted by molar-refractivity contribution is 1.34. The van der Waals surface area contributed by atoms with E-state index in [4.69, 9.17) is 17.3 Å². The van der Waals surface area contributed by atoms with Crippen molar-refractivity contribution in [1.29, 1.82) is 0 Å². The maximum absolute atomic E-state index is 6.00. The third-order valence-corrected chi connectivity index (χ3v) is 3.05. The summed E-state index contributed by atoms with van der Waals surface area (Å²) in [7, 11) is 0. The molecule has 0 saturated carbocycles. The van der Waals surface area contributed by atoms with Gasteiger partial charge in [-0.25, -0.2) is 0 Å². The molecule has 2 N–H and O–H groups in total. The van der Waals surface area contributed by atoms with E-state index in [1.807, 2.05) is 25.1 Å². The molecular formula is C9H8ClN3S. The van der Waals surface area contributed by atoms with E-state index < -0.39 is 0 Å². The van der Waals surface area contributed by atoms with Gasteiger partial charge in [0.1, 0.15) is 5.01 Å². The van der Waals surface area contributed by atoms with Crippen LogP contribution < -0.4 is 5.73 Å². The molecule has 3 nitrogen and oxygen atoms in total. The van der Waals surface area contributed by atoms with Crippen LogP contribution >= 0.6 is 23.1 Å². The number of benzene rings is 1. The second-order valence-electron chi connectivity index (χ2n) is 2.92. The number of hydrogen-bond donors (Lipinski definition) is 1. The van der Waals surface area contributed by atoms with Crippen molar-refractivity contribution in [2.24, 2.45) is 0 Å². The Balaban J connectivity index is 2.47. The normalized spacial score (nSPS) is 10.4. The van der Waals surface area contributed by atoms with Crippen LogP contribution in [0.5, 0.6) is 0 Å². The van der Waals surface area contributed by atoms with Crippen LogP contribution in [0.25, 0.3) is 10.6 Å². The molecule has 0 aliphatic heterocycles. The third-order valence-electron chi connectivity index (χ3n) is 1.86. The van der Waals surface area contributed by atoms with Gasteiger partial charge in [-0.3, -0.25) is 0 Å². The number of aromatic nitrogens is 2. The molecule has 0 atom stereocenters. The van der Waals surface area contributed by atoms with Gasteiger partial charge in [0, 0.05) is 10.6 Å². The highest BCUT2D eigenvalue weighted by Gasteiger charge is 2.05. The molecule has 0 aliphatic carbocycles. The minimum atomic E-state index is 0.307. The van der Waals surface area contributed by atoms with E-state index in [1.54, 1.807) is 0 Å². The number of anilines is 1. The van der Waals surface area contributed by atoms with Crippen molar-refractivity contribution < 1.29 is 0 Å². The highest BCUT2D eigenvalue weighted by Crippen LogP contribution is 2.26. The molecule has 0 aliphatic rings. The zero-order valence-electron chi connectivity index (χ0n) is 7.49. The number of nitrogen functional groups attached to an aromatic ring is 1. The van der Waals surface area contributed by atoms with E-state index in [-0.39, 0.29) is 0 Å². The van der Waals surface area contributed by atoms with Crippen molar-refractivity contribution in [2.75, 3.05) is 5.73 Å². The van der Waals surface area contributed by atoms with Gasteiger partial charge < -0.3 is 5.73 Å². The van der Waals surface area contributed by atoms with Gasteiger partial charge in [0.15, 0.2) is 0 Å². The monoisotopic (exact) mass is 225 g/mol. The number of hydrogen-bond acceptors (Lipinski definition) is 4. The van der Waals surface area contributed by atoms with Gasteiger partial charge in [-0.1, -0.05) is 23.7 Å². The summed E-state index contributed by atoms with van der Waals surface area (Å²) >= 11 is 7.27. The number of nitrogens with zero attached hydrogens (tertiary/aromatic N) is 2. The van der Waals surface area contributed by atoms with Crippen molar-refractivity contribution in [3.05, 3.63) is 28.8 Å². The van der Waals surface area contributed by atoms with Gasteiger partial charge in [-0.05, 0) is 30.1 Å². The summed E-state index contributed by atoms with van der Waals surface area (Å²) < 4.78 is 3.91. The Labute approximate surface area is 90.7 Å². The number of halogens is 1. The van der Waals surface area contributed by atoms with Crippen molar-refractivity contribution in [2.45, 2.75) is 6.92 Å². The largest absolute Gasteiger partial charge is 0.367 e. The van der Waals surface area contributed by atoms with Crippen LogP contribution in [-0.4, -0.2) is 9.36 Å².